The standard InChI is InChI=1S/C16H23N3O/c1-4-9-17-11-15-6-5-7-16(18-15)19(3)12-14-8-10-20-13(14)2/h5-8,10,17H,4,9,11-12H2,1-3H3. The van der Waals surface area contributed by atoms with Gasteiger partial charge in [0.1, 0.15) is 11.6 Å². The number of aromatic nitrogens is 1. The summed E-state index contributed by atoms with van der Waals surface area (Å²) in [6.45, 7) is 6.80. The normalized spacial score (nSPS) is 10.8. The van der Waals surface area contributed by atoms with Crippen molar-refractivity contribution in [3.63, 3.8) is 0 Å². The molecule has 0 atom stereocenters. The van der Waals surface area contributed by atoms with Gasteiger partial charge in [-0.05, 0) is 38.1 Å². The molecular weight excluding hydrogens is 250 g/mol. The summed E-state index contributed by atoms with van der Waals surface area (Å²) in [5.41, 5.74) is 2.27. The molecule has 2 heterocycles. The number of hydrogen-bond acceptors (Lipinski definition) is 4. The number of pyridine rings is 1. The van der Waals surface area contributed by atoms with E-state index in [1.165, 1.54) is 5.56 Å². The van der Waals surface area contributed by atoms with Crippen molar-refractivity contribution in [1.29, 1.82) is 0 Å². The molecule has 4 heteroatoms. The van der Waals surface area contributed by atoms with E-state index in [2.05, 4.69) is 41.3 Å². The molecule has 0 amide bonds. The number of furan rings is 1. The lowest BCUT2D eigenvalue weighted by molar-refractivity contribution is 0.529. The minimum absolute atomic E-state index is 0.807. The minimum atomic E-state index is 0.807. The van der Waals surface area contributed by atoms with Crippen molar-refractivity contribution < 1.29 is 4.42 Å². The van der Waals surface area contributed by atoms with Crippen LogP contribution in [0.4, 0.5) is 5.82 Å². The number of nitrogens with one attached hydrogen (secondary N) is 1. The molecule has 108 valence electrons. The number of aryl methyl sites for hydroxylation is 1. The van der Waals surface area contributed by atoms with Crippen molar-refractivity contribution in [1.82, 2.24) is 10.3 Å². The fraction of sp³-hybridized carbons (Fsp3) is 0.438. The second-order valence-corrected chi connectivity index (χ2v) is 5.02. The predicted molar refractivity (Wildman–Crippen MR) is 81.8 cm³/mol. The topological polar surface area (TPSA) is 41.3 Å². The molecule has 0 aliphatic rings. The van der Waals surface area contributed by atoms with Crippen molar-refractivity contribution in [2.24, 2.45) is 0 Å². The molecule has 0 radical (unpaired) electrons. The molecule has 2 aromatic heterocycles. The molecule has 0 spiro atoms. The average molecular weight is 273 g/mol. The lowest BCUT2D eigenvalue weighted by Crippen LogP contribution is -2.20. The summed E-state index contributed by atoms with van der Waals surface area (Å²) in [6, 6.07) is 8.17. The average Bonchev–Trinajstić information content (AvgIpc) is 2.85. The van der Waals surface area contributed by atoms with Gasteiger partial charge in [0.2, 0.25) is 0 Å². The third kappa shape index (κ3) is 3.84. The number of rotatable bonds is 7. The van der Waals surface area contributed by atoms with Gasteiger partial charge in [-0.3, -0.25) is 0 Å². The van der Waals surface area contributed by atoms with Gasteiger partial charge < -0.3 is 14.6 Å². The van der Waals surface area contributed by atoms with Crippen molar-refractivity contribution >= 4 is 5.82 Å². The van der Waals surface area contributed by atoms with Gasteiger partial charge in [0, 0.05) is 25.7 Å². The first-order valence-corrected chi connectivity index (χ1v) is 7.11. The third-order valence-corrected chi connectivity index (χ3v) is 3.29. The highest BCUT2D eigenvalue weighted by Crippen LogP contribution is 2.16. The monoisotopic (exact) mass is 273 g/mol. The molecule has 0 aliphatic carbocycles. The Bertz CT molecular complexity index is 536. The second-order valence-electron chi connectivity index (χ2n) is 5.02. The Morgan fingerprint density at radius 1 is 1.30 bits per heavy atom. The molecule has 1 N–H and O–H groups in total. The molecular formula is C16H23N3O. The Morgan fingerprint density at radius 2 is 2.15 bits per heavy atom. The maximum Gasteiger partial charge on any atom is 0.128 e. The van der Waals surface area contributed by atoms with Gasteiger partial charge in [0.15, 0.2) is 0 Å². The van der Waals surface area contributed by atoms with Gasteiger partial charge >= 0.3 is 0 Å². The highest BCUT2D eigenvalue weighted by Gasteiger charge is 2.08. The lowest BCUT2D eigenvalue weighted by atomic mass is 10.2. The van der Waals surface area contributed by atoms with Crippen LogP contribution in [0.25, 0.3) is 0 Å². The molecule has 0 saturated carbocycles. The van der Waals surface area contributed by atoms with Crippen molar-refractivity contribution in [3.05, 3.63) is 47.5 Å². The molecule has 0 bridgehead atoms. The summed E-state index contributed by atoms with van der Waals surface area (Å²) in [7, 11) is 2.05. The molecule has 2 rings (SSSR count). The zero-order chi connectivity index (χ0) is 14.4. The van der Waals surface area contributed by atoms with Gasteiger partial charge in [0.25, 0.3) is 0 Å². The zero-order valence-electron chi connectivity index (χ0n) is 12.5. The van der Waals surface area contributed by atoms with Gasteiger partial charge in [-0.15, -0.1) is 0 Å². The van der Waals surface area contributed by atoms with E-state index in [9.17, 15) is 0 Å². The van der Waals surface area contributed by atoms with Crippen LogP contribution in [0.15, 0.2) is 34.9 Å². The molecule has 0 aliphatic heterocycles. The maximum absolute atomic E-state index is 5.33. The smallest absolute Gasteiger partial charge is 0.128 e. The van der Waals surface area contributed by atoms with Gasteiger partial charge in [-0.2, -0.15) is 0 Å². The van der Waals surface area contributed by atoms with Crippen LogP contribution in [-0.4, -0.2) is 18.6 Å². The summed E-state index contributed by atoms with van der Waals surface area (Å²) < 4.78 is 5.33. The maximum atomic E-state index is 5.33. The van der Waals surface area contributed by atoms with Gasteiger partial charge in [-0.25, -0.2) is 4.98 Å². The first-order valence-electron chi connectivity index (χ1n) is 7.11. The highest BCUT2D eigenvalue weighted by molar-refractivity contribution is 5.39. The fourth-order valence-corrected chi connectivity index (χ4v) is 2.08. The molecule has 0 aromatic carbocycles. The van der Waals surface area contributed by atoms with E-state index in [-0.39, 0.29) is 0 Å². The highest BCUT2D eigenvalue weighted by atomic mass is 16.3. The van der Waals surface area contributed by atoms with Crippen LogP contribution in [0.5, 0.6) is 0 Å². The Balaban J connectivity index is 2.00. The Morgan fingerprint density at radius 3 is 2.85 bits per heavy atom. The van der Waals surface area contributed by atoms with Crippen LogP contribution < -0.4 is 10.2 Å². The summed E-state index contributed by atoms with van der Waals surface area (Å²) in [4.78, 5) is 6.83. The number of anilines is 1. The van der Waals surface area contributed by atoms with Crippen molar-refractivity contribution in [3.8, 4) is 0 Å². The lowest BCUT2D eigenvalue weighted by Gasteiger charge is -2.18. The summed E-state index contributed by atoms with van der Waals surface area (Å²) >= 11 is 0. The van der Waals surface area contributed by atoms with Crippen LogP contribution in [0.3, 0.4) is 0 Å². The summed E-state index contributed by atoms with van der Waals surface area (Å²) in [5, 5.41) is 3.38. The largest absolute Gasteiger partial charge is 0.469 e. The Labute approximate surface area is 120 Å². The molecule has 2 aromatic rings. The minimum Gasteiger partial charge on any atom is -0.469 e. The van der Waals surface area contributed by atoms with Gasteiger partial charge in [0.05, 0.1) is 12.0 Å². The Kier molecular flexibility index (Phi) is 5.18. The zero-order valence-corrected chi connectivity index (χ0v) is 12.5. The van der Waals surface area contributed by atoms with Crippen molar-refractivity contribution in [2.45, 2.75) is 33.4 Å². The van der Waals surface area contributed by atoms with Crippen LogP contribution in [0.1, 0.15) is 30.4 Å². The summed E-state index contributed by atoms with van der Waals surface area (Å²) in [5.74, 6) is 1.96. The first-order chi connectivity index (χ1) is 9.70. The number of nitrogens with zero attached hydrogens (tertiary/aromatic N) is 2. The van der Waals surface area contributed by atoms with E-state index < -0.39 is 0 Å². The fourth-order valence-electron chi connectivity index (χ4n) is 2.08. The van der Waals surface area contributed by atoms with Crippen LogP contribution in [0, 0.1) is 6.92 Å². The van der Waals surface area contributed by atoms with Gasteiger partial charge in [-0.1, -0.05) is 13.0 Å². The van der Waals surface area contributed by atoms with Crippen LogP contribution in [-0.2, 0) is 13.1 Å². The van der Waals surface area contributed by atoms with E-state index in [4.69, 9.17) is 4.42 Å². The van der Waals surface area contributed by atoms with E-state index in [0.29, 0.717) is 0 Å². The van der Waals surface area contributed by atoms with E-state index >= 15 is 0 Å². The summed E-state index contributed by atoms with van der Waals surface area (Å²) in [6.07, 6.45) is 2.87. The van der Waals surface area contributed by atoms with Crippen LogP contribution in [0.2, 0.25) is 0 Å². The van der Waals surface area contributed by atoms with E-state index in [1.807, 2.05) is 19.1 Å². The second kappa shape index (κ2) is 7.10. The molecule has 0 unspecified atom stereocenters. The third-order valence-electron chi connectivity index (χ3n) is 3.29. The Hall–Kier alpha value is -1.81. The van der Waals surface area contributed by atoms with E-state index in [0.717, 1.165) is 43.3 Å². The number of hydrogen-bond donors (Lipinski definition) is 1. The first kappa shape index (κ1) is 14.6. The molecule has 0 fully saturated rings. The van der Waals surface area contributed by atoms with E-state index in [1.54, 1.807) is 6.26 Å². The quantitative estimate of drug-likeness (QED) is 0.787. The molecule has 20 heavy (non-hydrogen) atoms. The SMILES string of the molecule is CCCNCc1cccc(N(C)Cc2ccoc2C)n1. The molecule has 4 nitrogen and oxygen atoms in total. The molecule has 0 saturated heterocycles. The van der Waals surface area contributed by atoms with Crippen LogP contribution >= 0.6 is 0 Å². The predicted octanol–water partition coefficient (Wildman–Crippen LogP) is 3.12. The van der Waals surface area contributed by atoms with Crippen molar-refractivity contribution in [2.75, 3.05) is 18.5 Å².